The highest BCUT2D eigenvalue weighted by atomic mass is 32.1. The van der Waals surface area contributed by atoms with E-state index in [0.717, 1.165) is 24.4 Å². The van der Waals surface area contributed by atoms with E-state index in [2.05, 4.69) is 4.37 Å². The zero-order valence-corrected chi connectivity index (χ0v) is 6.89. The summed E-state index contributed by atoms with van der Waals surface area (Å²) >= 11 is 0.919. The molecule has 1 heterocycles. The normalized spacial score (nSPS) is 19.3. The molecule has 0 radical (unpaired) electrons. The van der Waals surface area contributed by atoms with Crippen LogP contribution in [0, 0.1) is 0 Å². The maximum atomic E-state index is 10.6. The van der Waals surface area contributed by atoms with Gasteiger partial charge in [0.05, 0.1) is 0 Å². The van der Waals surface area contributed by atoms with Crippen molar-refractivity contribution in [1.82, 2.24) is 4.37 Å². The van der Waals surface area contributed by atoms with Gasteiger partial charge >= 0.3 is 4.94 Å². The second-order valence-corrected chi connectivity index (χ2v) is 3.55. The van der Waals surface area contributed by atoms with Crippen molar-refractivity contribution < 1.29 is 4.42 Å². The van der Waals surface area contributed by atoms with Crippen molar-refractivity contribution in [2.45, 2.75) is 31.6 Å². The molecule has 0 unspecified atom stereocenters. The molecule has 0 amide bonds. The Morgan fingerprint density at radius 1 is 1.45 bits per heavy atom. The number of rotatable bonds is 1. The summed E-state index contributed by atoms with van der Waals surface area (Å²) in [6.07, 6.45) is 4.75. The minimum atomic E-state index is -0.271. The predicted octanol–water partition coefficient (Wildman–Crippen LogP) is 1.75. The van der Waals surface area contributed by atoms with Crippen LogP contribution in [0.15, 0.2) is 9.21 Å². The maximum Gasteiger partial charge on any atom is 0.414 e. The van der Waals surface area contributed by atoms with Crippen LogP contribution >= 0.6 is 11.5 Å². The zero-order valence-electron chi connectivity index (χ0n) is 6.08. The van der Waals surface area contributed by atoms with Crippen LogP contribution in [0.3, 0.4) is 0 Å². The molecule has 60 valence electrons. The molecule has 1 aromatic rings. The van der Waals surface area contributed by atoms with Crippen LogP contribution < -0.4 is 4.94 Å². The number of nitrogens with zero attached hydrogens (tertiary/aromatic N) is 1. The Morgan fingerprint density at radius 2 is 2.18 bits per heavy atom. The predicted molar refractivity (Wildman–Crippen MR) is 41.9 cm³/mol. The SMILES string of the molecule is O=c1oc(C2CCCC2)ns1. The lowest BCUT2D eigenvalue weighted by molar-refractivity contribution is 0.428. The lowest BCUT2D eigenvalue weighted by Crippen LogP contribution is -1.92. The van der Waals surface area contributed by atoms with Gasteiger partial charge in [-0.15, -0.1) is 0 Å². The second kappa shape index (κ2) is 2.77. The summed E-state index contributed by atoms with van der Waals surface area (Å²) in [5.41, 5.74) is 0. The van der Waals surface area contributed by atoms with Crippen molar-refractivity contribution in [3.63, 3.8) is 0 Å². The smallest absolute Gasteiger partial charge is 0.398 e. The molecule has 0 atom stereocenters. The van der Waals surface area contributed by atoms with Crippen molar-refractivity contribution in [1.29, 1.82) is 0 Å². The molecule has 1 saturated carbocycles. The lowest BCUT2D eigenvalue weighted by atomic mass is 10.1. The standard InChI is InChI=1S/C7H9NO2S/c9-7-10-6(8-11-7)5-3-1-2-4-5/h5H,1-4H2. The molecule has 0 spiro atoms. The van der Waals surface area contributed by atoms with Gasteiger partial charge in [-0.1, -0.05) is 12.8 Å². The molecule has 0 saturated heterocycles. The van der Waals surface area contributed by atoms with Crippen LogP contribution in [0.1, 0.15) is 37.5 Å². The molecular weight excluding hydrogens is 162 g/mol. The van der Waals surface area contributed by atoms with Crippen molar-refractivity contribution in [2.75, 3.05) is 0 Å². The van der Waals surface area contributed by atoms with Gasteiger partial charge in [0.25, 0.3) is 0 Å². The molecule has 11 heavy (non-hydrogen) atoms. The fourth-order valence-corrected chi connectivity index (χ4v) is 2.01. The lowest BCUT2D eigenvalue weighted by Gasteiger charge is -1.98. The van der Waals surface area contributed by atoms with E-state index in [4.69, 9.17) is 4.42 Å². The quantitative estimate of drug-likeness (QED) is 0.646. The van der Waals surface area contributed by atoms with E-state index in [1.807, 2.05) is 0 Å². The van der Waals surface area contributed by atoms with Gasteiger partial charge in [-0.2, -0.15) is 4.37 Å². The Bertz CT molecular complexity index is 285. The van der Waals surface area contributed by atoms with Gasteiger partial charge in [-0.25, -0.2) is 4.79 Å². The Kier molecular flexibility index (Phi) is 1.77. The molecule has 2 rings (SSSR count). The van der Waals surface area contributed by atoms with Crippen LogP contribution in [0.2, 0.25) is 0 Å². The first kappa shape index (κ1) is 7.03. The third-order valence-corrected chi connectivity index (χ3v) is 2.61. The Hall–Kier alpha value is -0.640. The molecule has 0 aromatic carbocycles. The van der Waals surface area contributed by atoms with Gasteiger partial charge in [0, 0.05) is 17.5 Å². The van der Waals surface area contributed by atoms with Crippen molar-refractivity contribution in [3.8, 4) is 0 Å². The maximum absolute atomic E-state index is 10.6. The molecule has 1 aliphatic carbocycles. The fraction of sp³-hybridized carbons (Fsp3) is 0.714. The van der Waals surface area contributed by atoms with Gasteiger partial charge in [-0.3, -0.25) is 0 Å². The average molecular weight is 171 g/mol. The van der Waals surface area contributed by atoms with E-state index in [-0.39, 0.29) is 4.94 Å². The first-order valence-electron chi connectivity index (χ1n) is 3.83. The molecule has 4 heteroatoms. The Labute approximate surface area is 68.2 Å². The number of hydrogen-bond donors (Lipinski definition) is 0. The molecule has 1 aromatic heterocycles. The van der Waals surface area contributed by atoms with Gasteiger partial charge in [0.15, 0.2) is 0 Å². The van der Waals surface area contributed by atoms with Crippen LogP contribution in [-0.4, -0.2) is 4.37 Å². The van der Waals surface area contributed by atoms with Gasteiger partial charge < -0.3 is 4.42 Å². The summed E-state index contributed by atoms with van der Waals surface area (Å²) in [4.78, 5) is 10.4. The molecule has 3 nitrogen and oxygen atoms in total. The van der Waals surface area contributed by atoms with E-state index in [0.29, 0.717) is 11.8 Å². The van der Waals surface area contributed by atoms with Crippen LogP contribution in [-0.2, 0) is 0 Å². The monoisotopic (exact) mass is 171 g/mol. The van der Waals surface area contributed by atoms with Gasteiger partial charge in [-0.05, 0) is 12.8 Å². The molecule has 0 N–H and O–H groups in total. The summed E-state index contributed by atoms with van der Waals surface area (Å²) in [7, 11) is 0. The highest BCUT2D eigenvalue weighted by Crippen LogP contribution is 2.32. The number of aromatic nitrogens is 1. The summed E-state index contributed by atoms with van der Waals surface area (Å²) in [5.74, 6) is 1.09. The van der Waals surface area contributed by atoms with Gasteiger partial charge in [0.2, 0.25) is 5.89 Å². The minimum absolute atomic E-state index is 0.271. The largest absolute Gasteiger partial charge is 0.414 e. The van der Waals surface area contributed by atoms with E-state index >= 15 is 0 Å². The molecular formula is C7H9NO2S. The van der Waals surface area contributed by atoms with Crippen molar-refractivity contribution in [2.24, 2.45) is 0 Å². The summed E-state index contributed by atoms with van der Waals surface area (Å²) in [5, 5.41) is 0. The second-order valence-electron chi connectivity index (χ2n) is 2.85. The van der Waals surface area contributed by atoms with Crippen molar-refractivity contribution in [3.05, 3.63) is 15.6 Å². The summed E-state index contributed by atoms with van der Waals surface area (Å²) < 4.78 is 8.88. The van der Waals surface area contributed by atoms with E-state index in [1.165, 1.54) is 12.8 Å². The Morgan fingerprint density at radius 3 is 2.73 bits per heavy atom. The third-order valence-electron chi connectivity index (χ3n) is 2.10. The van der Waals surface area contributed by atoms with Crippen LogP contribution in [0.25, 0.3) is 0 Å². The van der Waals surface area contributed by atoms with Crippen LogP contribution in [0.4, 0.5) is 0 Å². The highest BCUT2D eigenvalue weighted by Gasteiger charge is 2.21. The summed E-state index contributed by atoms with van der Waals surface area (Å²) in [6, 6.07) is 0. The summed E-state index contributed by atoms with van der Waals surface area (Å²) in [6.45, 7) is 0. The van der Waals surface area contributed by atoms with E-state index in [1.54, 1.807) is 0 Å². The number of hydrogen-bond acceptors (Lipinski definition) is 4. The van der Waals surface area contributed by atoms with Gasteiger partial charge in [0.1, 0.15) is 0 Å². The van der Waals surface area contributed by atoms with Crippen molar-refractivity contribution >= 4 is 11.5 Å². The molecule has 1 fully saturated rings. The zero-order chi connectivity index (χ0) is 7.68. The molecule has 0 bridgehead atoms. The highest BCUT2D eigenvalue weighted by molar-refractivity contribution is 7.02. The topological polar surface area (TPSA) is 43.1 Å². The van der Waals surface area contributed by atoms with Crippen LogP contribution in [0.5, 0.6) is 0 Å². The first-order valence-corrected chi connectivity index (χ1v) is 4.60. The first-order chi connectivity index (χ1) is 5.36. The molecule has 1 aliphatic rings. The fourth-order valence-electron chi connectivity index (χ4n) is 1.54. The minimum Gasteiger partial charge on any atom is -0.398 e. The van der Waals surface area contributed by atoms with E-state index < -0.39 is 0 Å². The van der Waals surface area contributed by atoms with E-state index in [9.17, 15) is 4.79 Å². The average Bonchev–Trinajstić information content (AvgIpc) is 2.55. The Balaban J connectivity index is 2.21. The molecule has 0 aliphatic heterocycles. The third kappa shape index (κ3) is 1.35.